The molecule has 2 aromatic rings. The highest BCUT2D eigenvalue weighted by molar-refractivity contribution is 9.10. The largest absolute Gasteiger partial charge is 0.454 e. The molecule has 4 nitrogen and oxygen atoms in total. The van der Waals surface area contributed by atoms with Gasteiger partial charge in [0.25, 0.3) is 0 Å². The fraction of sp³-hybridized carbons (Fsp3) is 0.222. The third kappa shape index (κ3) is 3.99. The summed E-state index contributed by atoms with van der Waals surface area (Å²) >= 11 is 3.17. The normalized spacial score (nSPS) is 13.3. The first-order valence-electron chi connectivity index (χ1n) is 7.37. The monoisotopic (exact) mass is 374 g/mol. The van der Waals surface area contributed by atoms with E-state index < -0.39 is 5.97 Å². The number of hydrogen-bond donors (Lipinski definition) is 0. The van der Waals surface area contributed by atoms with Crippen LogP contribution in [0.3, 0.4) is 0 Å². The second-order valence-corrected chi connectivity index (χ2v) is 6.12. The summed E-state index contributed by atoms with van der Waals surface area (Å²) < 4.78 is 10.8. The van der Waals surface area contributed by atoms with Crippen molar-refractivity contribution in [1.82, 2.24) is 0 Å². The Labute approximate surface area is 142 Å². The molecule has 5 heteroatoms. The van der Waals surface area contributed by atoms with Gasteiger partial charge in [0.1, 0.15) is 5.76 Å². The van der Waals surface area contributed by atoms with Crippen molar-refractivity contribution in [3.05, 3.63) is 63.5 Å². The van der Waals surface area contributed by atoms with Crippen molar-refractivity contribution in [3.63, 3.8) is 0 Å². The minimum Gasteiger partial charge on any atom is -0.454 e. The molecule has 0 bridgehead atoms. The number of carbonyl (C=O) groups is 2. The Morgan fingerprint density at radius 3 is 2.78 bits per heavy atom. The maximum Gasteiger partial charge on any atom is 0.331 e. The number of benzene rings is 1. The lowest BCUT2D eigenvalue weighted by atomic mass is 10.0. The molecule has 1 aromatic heterocycles. The first kappa shape index (κ1) is 15.7. The first-order valence-corrected chi connectivity index (χ1v) is 8.16. The summed E-state index contributed by atoms with van der Waals surface area (Å²) in [4.78, 5) is 23.7. The van der Waals surface area contributed by atoms with Crippen molar-refractivity contribution >= 4 is 33.8 Å². The molecule has 0 N–H and O–H groups in total. The smallest absolute Gasteiger partial charge is 0.331 e. The summed E-state index contributed by atoms with van der Waals surface area (Å²) in [6.45, 7) is -0.260. The SMILES string of the molecule is O=C(/C=C/c1ccc(Br)o1)OCC(=O)c1ccc2c(c1)CCC2. The average molecular weight is 375 g/mol. The van der Waals surface area contributed by atoms with Gasteiger partial charge in [0.2, 0.25) is 0 Å². The van der Waals surface area contributed by atoms with Gasteiger partial charge in [-0.25, -0.2) is 4.79 Å². The third-order valence-electron chi connectivity index (χ3n) is 3.74. The van der Waals surface area contributed by atoms with Gasteiger partial charge in [0.15, 0.2) is 17.1 Å². The molecule has 0 atom stereocenters. The number of halogens is 1. The summed E-state index contributed by atoms with van der Waals surface area (Å²) in [5, 5.41) is 0. The van der Waals surface area contributed by atoms with E-state index >= 15 is 0 Å². The molecule has 0 aliphatic heterocycles. The predicted octanol–water partition coefficient (Wildman–Crippen LogP) is 3.97. The second-order valence-electron chi connectivity index (χ2n) is 5.34. The lowest BCUT2D eigenvalue weighted by Gasteiger charge is -2.04. The highest BCUT2D eigenvalue weighted by Gasteiger charge is 2.14. The molecule has 0 amide bonds. The van der Waals surface area contributed by atoms with Crippen LogP contribution in [-0.2, 0) is 22.4 Å². The maximum absolute atomic E-state index is 12.1. The first-order chi connectivity index (χ1) is 11.1. The fourth-order valence-corrected chi connectivity index (χ4v) is 2.90. The standard InChI is InChI=1S/C18H15BrO4/c19-17-8-6-15(23-17)7-9-18(21)22-11-16(20)14-5-4-12-2-1-3-13(12)10-14/h4-10H,1-3,11H2/b9-7+. The molecule has 0 fully saturated rings. The van der Waals surface area contributed by atoms with E-state index in [1.165, 1.54) is 23.3 Å². The van der Waals surface area contributed by atoms with Crippen LogP contribution in [0.5, 0.6) is 0 Å². The lowest BCUT2D eigenvalue weighted by Crippen LogP contribution is -2.12. The summed E-state index contributed by atoms with van der Waals surface area (Å²) in [5.74, 6) is -0.243. The molecular weight excluding hydrogens is 360 g/mol. The van der Waals surface area contributed by atoms with Crippen molar-refractivity contribution in [2.45, 2.75) is 19.3 Å². The van der Waals surface area contributed by atoms with Crippen LogP contribution in [0.4, 0.5) is 0 Å². The van der Waals surface area contributed by atoms with E-state index in [1.807, 2.05) is 12.1 Å². The lowest BCUT2D eigenvalue weighted by molar-refractivity contribution is -0.136. The quantitative estimate of drug-likeness (QED) is 0.451. The predicted molar refractivity (Wildman–Crippen MR) is 89.2 cm³/mol. The van der Waals surface area contributed by atoms with Crippen LogP contribution < -0.4 is 0 Å². The second kappa shape index (κ2) is 6.96. The zero-order chi connectivity index (χ0) is 16.2. The Balaban J connectivity index is 1.54. The molecule has 23 heavy (non-hydrogen) atoms. The highest BCUT2D eigenvalue weighted by atomic mass is 79.9. The van der Waals surface area contributed by atoms with E-state index in [0.29, 0.717) is 16.0 Å². The molecule has 0 radical (unpaired) electrons. The maximum atomic E-state index is 12.1. The number of Topliss-reactive ketones (excluding diaryl/α,β-unsaturated/α-hetero) is 1. The molecule has 118 valence electrons. The van der Waals surface area contributed by atoms with Gasteiger partial charge < -0.3 is 9.15 Å². The molecular formula is C18H15BrO4. The number of carbonyl (C=O) groups excluding carboxylic acids is 2. The molecule has 0 saturated heterocycles. The average Bonchev–Trinajstić information content (AvgIpc) is 3.18. The van der Waals surface area contributed by atoms with Crippen molar-refractivity contribution in [3.8, 4) is 0 Å². The zero-order valence-corrected chi connectivity index (χ0v) is 14.0. The van der Waals surface area contributed by atoms with Gasteiger partial charge in [-0.2, -0.15) is 0 Å². The Morgan fingerprint density at radius 2 is 2.00 bits per heavy atom. The number of aryl methyl sites for hydroxylation is 2. The number of rotatable bonds is 5. The van der Waals surface area contributed by atoms with Crippen molar-refractivity contribution < 1.29 is 18.7 Å². The number of ether oxygens (including phenoxy) is 1. The molecule has 1 heterocycles. The van der Waals surface area contributed by atoms with Crippen molar-refractivity contribution in [2.75, 3.05) is 6.61 Å². The zero-order valence-electron chi connectivity index (χ0n) is 12.4. The van der Waals surface area contributed by atoms with E-state index in [9.17, 15) is 9.59 Å². The van der Waals surface area contributed by atoms with E-state index in [2.05, 4.69) is 15.9 Å². The summed E-state index contributed by atoms with van der Waals surface area (Å²) in [5.41, 5.74) is 3.13. The van der Waals surface area contributed by atoms with Crippen LogP contribution in [0.25, 0.3) is 6.08 Å². The van der Waals surface area contributed by atoms with Gasteiger partial charge in [-0.3, -0.25) is 4.79 Å². The van der Waals surface area contributed by atoms with Gasteiger partial charge in [-0.05, 0) is 70.6 Å². The Bertz CT molecular complexity index is 773. The van der Waals surface area contributed by atoms with E-state index in [1.54, 1.807) is 18.2 Å². The molecule has 0 unspecified atom stereocenters. The third-order valence-corrected chi connectivity index (χ3v) is 4.17. The van der Waals surface area contributed by atoms with Crippen LogP contribution in [0.2, 0.25) is 0 Å². The molecule has 3 rings (SSSR count). The van der Waals surface area contributed by atoms with Gasteiger partial charge in [-0.1, -0.05) is 12.1 Å². The molecule has 1 aromatic carbocycles. The summed E-state index contributed by atoms with van der Waals surface area (Å²) in [6, 6.07) is 9.14. The Hall–Kier alpha value is -2.14. The fourth-order valence-electron chi connectivity index (χ4n) is 2.58. The molecule has 0 saturated carbocycles. The minimum absolute atomic E-state index is 0.192. The van der Waals surface area contributed by atoms with Gasteiger partial charge in [0.05, 0.1) is 0 Å². The minimum atomic E-state index is -0.577. The summed E-state index contributed by atoms with van der Waals surface area (Å²) in [6.07, 6.45) is 5.95. The number of fused-ring (bicyclic) bond motifs is 1. The van der Waals surface area contributed by atoms with Gasteiger partial charge >= 0.3 is 5.97 Å². The molecule has 1 aliphatic carbocycles. The van der Waals surface area contributed by atoms with Crippen LogP contribution in [0.1, 0.15) is 33.7 Å². The van der Waals surface area contributed by atoms with Gasteiger partial charge in [-0.15, -0.1) is 0 Å². The van der Waals surface area contributed by atoms with Crippen molar-refractivity contribution in [2.24, 2.45) is 0 Å². The molecule has 0 spiro atoms. The number of hydrogen-bond acceptors (Lipinski definition) is 4. The van der Waals surface area contributed by atoms with Crippen LogP contribution in [0.15, 0.2) is 45.5 Å². The van der Waals surface area contributed by atoms with E-state index in [-0.39, 0.29) is 12.4 Å². The number of ketones is 1. The molecule has 1 aliphatic rings. The topological polar surface area (TPSA) is 56.5 Å². The number of esters is 1. The number of furan rings is 1. The van der Waals surface area contributed by atoms with E-state index in [0.717, 1.165) is 19.3 Å². The van der Waals surface area contributed by atoms with Gasteiger partial charge in [0, 0.05) is 11.6 Å². The summed E-state index contributed by atoms with van der Waals surface area (Å²) in [7, 11) is 0. The Morgan fingerprint density at radius 1 is 1.17 bits per heavy atom. The van der Waals surface area contributed by atoms with Crippen LogP contribution in [0, 0.1) is 0 Å². The highest BCUT2D eigenvalue weighted by Crippen LogP contribution is 2.23. The van der Waals surface area contributed by atoms with Crippen molar-refractivity contribution in [1.29, 1.82) is 0 Å². The van der Waals surface area contributed by atoms with Crippen LogP contribution in [-0.4, -0.2) is 18.4 Å². The van der Waals surface area contributed by atoms with E-state index in [4.69, 9.17) is 9.15 Å². The Kier molecular flexibility index (Phi) is 4.76. The van der Waals surface area contributed by atoms with Crippen LogP contribution >= 0.6 is 15.9 Å².